The van der Waals surface area contributed by atoms with Gasteiger partial charge in [0, 0.05) is 25.5 Å². The first-order valence-electron chi connectivity index (χ1n) is 8.46. The van der Waals surface area contributed by atoms with Crippen molar-refractivity contribution in [1.82, 2.24) is 0 Å². The van der Waals surface area contributed by atoms with Crippen molar-refractivity contribution < 1.29 is 18.7 Å². The summed E-state index contributed by atoms with van der Waals surface area (Å²) >= 11 is 0. The van der Waals surface area contributed by atoms with Crippen molar-refractivity contribution in [2.75, 3.05) is 24.3 Å². The number of carbonyl (C=O) groups excluding carboxylic acids is 2. The minimum Gasteiger partial charge on any atom is -0.448 e. The summed E-state index contributed by atoms with van der Waals surface area (Å²) < 4.78 is 18.0. The number of esters is 1. The number of nitrogens with one attached hydrogen (secondary N) is 1. The van der Waals surface area contributed by atoms with E-state index in [1.807, 2.05) is 31.1 Å². The maximum Gasteiger partial charge on any atom is 0.349 e. The predicted octanol–water partition coefficient (Wildman–Crippen LogP) is 3.37. The van der Waals surface area contributed by atoms with Crippen molar-refractivity contribution >= 4 is 29.3 Å². The Balaban J connectivity index is 2.02. The summed E-state index contributed by atoms with van der Waals surface area (Å²) in [6, 6.07) is 14.2. The first-order chi connectivity index (χ1) is 13.3. The minimum atomic E-state index is -1.13. The van der Waals surface area contributed by atoms with E-state index in [2.05, 4.69) is 5.32 Å². The summed E-state index contributed by atoms with van der Waals surface area (Å²) in [7, 11) is 3.81. The highest BCUT2D eigenvalue weighted by molar-refractivity contribution is 6.01. The highest BCUT2D eigenvalue weighted by Gasteiger charge is 2.20. The topological polar surface area (TPSA) is 82.4 Å². The van der Waals surface area contributed by atoms with Gasteiger partial charge in [0.15, 0.2) is 6.10 Å². The van der Waals surface area contributed by atoms with Gasteiger partial charge >= 0.3 is 5.97 Å². The fourth-order valence-electron chi connectivity index (χ4n) is 2.23. The normalized spacial score (nSPS) is 11.9. The van der Waals surface area contributed by atoms with E-state index in [0.717, 1.165) is 5.69 Å². The second-order valence-electron chi connectivity index (χ2n) is 6.20. The fraction of sp³-hybridized carbons (Fsp3) is 0.190. The lowest BCUT2D eigenvalue weighted by Crippen LogP contribution is -2.30. The molecule has 0 saturated heterocycles. The maximum atomic E-state index is 12.9. The zero-order valence-electron chi connectivity index (χ0n) is 15.8. The van der Waals surface area contributed by atoms with Crippen LogP contribution in [0.4, 0.5) is 15.8 Å². The van der Waals surface area contributed by atoms with Gasteiger partial charge in [-0.2, -0.15) is 5.26 Å². The maximum absolute atomic E-state index is 12.9. The smallest absolute Gasteiger partial charge is 0.349 e. The van der Waals surface area contributed by atoms with Gasteiger partial charge in [-0.05, 0) is 55.0 Å². The summed E-state index contributed by atoms with van der Waals surface area (Å²) in [6.07, 6.45) is 0.261. The third-order valence-corrected chi connectivity index (χ3v) is 3.83. The van der Waals surface area contributed by atoms with Crippen LogP contribution in [0.25, 0.3) is 6.08 Å². The van der Waals surface area contributed by atoms with E-state index in [1.54, 1.807) is 18.2 Å². The number of nitrogens with zero attached hydrogens (tertiary/aromatic N) is 2. The van der Waals surface area contributed by atoms with Crippen LogP contribution in [-0.4, -0.2) is 32.1 Å². The van der Waals surface area contributed by atoms with E-state index in [1.165, 1.54) is 37.3 Å². The molecule has 0 bridgehead atoms. The molecule has 0 fully saturated rings. The number of benzene rings is 2. The molecule has 28 heavy (non-hydrogen) atoms. The standard InChI is InChI=1S/C21H20FN3O3/c1-14(20(26)24-18-8-6-17(22)7-9-18)28-21(27)16(13-23)12-15-4-10-19(11-5-15)25(2)3/h4-12,14H,1-3H3,(H,24,26)/b16-12+. The molecule has 0 aromatic heterocycles. The van der Waals surface area contributed by atoms with Gasteiger partial charge < -0.3 is 15.0 Å². The van der Waals surface area contributed by atoms with E-state index in [4.69, 9.17) is 4.74 Å². The van der Waals surface area contributed by atoms with Crippen molar-refractivity contribution in [1.29, 1.82) is 5.26 Å². The molecule has 1 atom stereocenters. The number of hydrogen-bond acceptors (Lipinski definition) is 5. The number of anilines is 2. The Labute approximate surface area is 162 Å². The minimum absolute atomic E-state index is 0.223. The SMILES string of the molecule is CC(OC(=O)/C(C#N)=C/c1ccc(N(C)C)cc1)C(=O)Nc1ccc(F)cc1. The van der Waals surface area contributed by atoms with E-state index < -0.39 is 23.8 Å². The number of carbonyl (C=O) groups is 2. The lowest BCUT2D eigenvalue weighted by molar-refractivity contribution is -0.148. The molecule has 0 spiro atoms. The Morgan fingerprint density at radius 1 is 1.14 bits per heavy atom. The summed E-state index contributed by atoms with van der Waals surface area (Å²) in [5.41, 5.74) is 1.78. The lowest BCUT2D eigenvalue weighted by Gasteiger charge is -2.13. The molecular weight excluding hydrogens is 361 g/mol. The van der Waals surface area contributed by atoms with Crippen molar-refractivity contribution in [2.24, 2.45) is 0 Å². The number of amides is 1. The second-order valence-corrected chi connectivity index (χ2v) is 6.20. The Kier molecular flexibility index (Phi) is 6.88. The molecule has 0 radical (unpaired) electrons. The molecule has 1 N–H and O–H groups in total. The molecule has 0 aliphatic rings. The van der Waals surface area contributed by atoms with Crippen LogP contribution >= 0.6 is 0 Å². The number of hydrogen-bond donors (Lipinski definition) is 1. The van der Waals surface area contributed by atoms with Gasteiger partial charge in [-0.1, -0.05) is 12.1 Å². The summed E-state index contributed by atoms with van der Waals surface area (Å²) in [6.45, 7) is 1.39. The molecule has 0 aliphatic heterocycles. The highest BCUT2D eigenvalue weighted by Crippen LogP contribution is 2.16. The van der Waals surface area contributed by atoms with E-state index in [-0.39, 0.29) is 5.57 Å². The molecule has 1 unspecified atom stereocenters. The van der Waals surface area contributed by atoms with E-state index in [0.29, 0.717) is 11.3 Å². The zero-order chi connectivity index (χ0) is 20.7. The highest BCUT2D eigenvalue weighted by atomic mass is 19.1. The third kappa shape index (κ3) is 5.68. The summed E-state index contributed by atoms with van der Waals surface area (Å²) in [5.74, 6) is -1.92. The molecule has 7 heteroatoms. The number of nitriles is 1. The monoisotopic (exact) mass is 381 g/mol. The van der Waals surface area contributed by atoms with Gasteiger partial charge in [0.2, 0.25) is 0 Å². The molecule has 2 rings (SSSR count). The first-order valence-corrected chi connectivity index (χ1v) is 8.46. The van der Waals surface area contributed by atoms with Crippen LogP contribution < -0.4 is 10.2 Å². The number of rotatable bonds is 6. The van der Waals surface area contributed by atoms with Gasteiger partial charge in [0.05, 0.1) is 0 Å². The van der Waals surface area contributed by atoms with Crippen molar-refractivity contribution in [3.05, 3.63) is 65.5 Å². The molecule has 2 aromatic rings. The second kappa shape index (κ2) is 9.33. The van der Waals surface area contributed by atoms with E-state index in [9.17, 15) is 19.2 Å². The Morgan fingerprint density at radius 3 is 2.29 bits per heavy atom. The fourth-order valence-corrected chi connectivity index (χ4v) is 2.23. The Bertz CT molecular complexity index is 913. The van der Waals surface area contributed by atoms with E-state index >= 15 is 0 Å². The van der Waals surface area contributed by atoms with Crippen LogP contribution in [0.15, 0.2) is 54.1 Å². The van der Waals surface area contributed by atoms with Crippen LogP contribution in [0.3, 0.4) is 0 Å². The van der Waals surface area contributed by atoms with Crippen LogP contribution in [0.2, 0.25) is 0 Å². The average molecular weight is 381 g/mol. The quantitative estimate of drug-likeness (QED) is 0.471. The van der Waals surface area contributed by atoms with Crippen molar-refractivity contribution in [3.63, 3.8) is 0 Å². The van der Waals surface area contributed by atoms with Gasteiger partial charge in [0.25, 0.3) is 5.91 Å². The summed E-state index contributed by atoms with van der Waals surface area (Å²) in [4.78, 5) is 26.3. The number of halogens is 1. The largest absolute Gasteiger partial charge is 0.448 e. The predicted molar refractivity (Wildman–Crippen MR) is 105 cm³/mol. The molecular formula is C21H20FN3O3. The molecule has 144 valence electrons. The molecule has 1 amide bonds. The van der Waals surface area contributed by atoms with Gasteiger partial charge in [0.1, 0.15) is 17.5 Å². The van der Waals surface area contributed by atoms with Crippen LogP contribution in [0.1, 0.15) is 12.5 Å². The first kappa shape index (κ1) is 20.6. The Morgan fingerprint density at radius 2 is 1.75 bits per heavy atom. The third-order valence-electron chi connectivity index (χ3n) is 3.83. The molecule has 0 aliphatic carbocycles. The van der Waals surface area contributed by atoms with Gasteiger partial charge in [-0.15, -0.1) is 0 Å². The number of ether oxygens (including phenoxy) is 1. The van der Waals surface area contributed by atoms with Gasteiger partial charge in [-0.3, -0.25) is 4.79 Å². The van der Waals surface area contributed by atoms with Crippen LogP contribution in [-0.2, 0) is 14.3 Å². The van der Waals surface area contributed by atoms with Gasteiger partial charge in [-0.25, -0.2) is 9.18 Å². The summed E-state index contributed by atoms with van der Waals surface area (Å²) in [5, 5.41) is 11.8. The van der Waals surface area contributed by atoms with Crippen molar-refractivity contribution in [3.8, 4) is 6.07 Å². The average Bonchev–Trinajstić information content (AvgIpc) is 2.68. The van der Waals surface area contributed by atoms with Crippen LogP contribution in [0.5, 0.6) is 0 Å². The molecule has 0 saturated carbocycles. The molecule has 0 heterocycles. The van der Waals surface area contributed by atoms with Crippen molar-refractivity contribution in [2.45, 2.75) is 13.0 Å². The zero-order valence-corrected chi connectivity index (χ0v) is 15.8. The Hall–Kier alpha value is -3.66. The van der Waals surface area contributed by atoms with Crippen LogP contribution in [0, 0.1) is 17.1 Å². The lowest BCUT2D eigenvalue weighted by atomic mass is 10.1. The molecule has 6 nitrogen and oxygen atoms in total. The molecule has 2 aromatic carbocycles.